The van der Waals surface area contributed by atoms with Crippen molar-refractivity contribution in [2.45, 2.75) is 44.9 Å². The minimum atomic E-state index is -4.59. The zero-order chi connectivity index (χ0) is 28.9. The third-order valence-corrected chi connectivity index (χ3v) is 7.50. The second-order valence-electron chi connectivity index (χ2n) is 9.34. The van der Waals surface area contributed by atoms with Crippen LogP contribution in [0.4, 0.5) is 29.6 Å². The Morgan fingerprint density at radius 3 is 2.75 bits per heavy atom. The predicted molar refractivity (Wildman–Crippen MR) is 142 cm³/mol. The molecule has 3 N–H and O–H groups in total. The van der Waals surface area contributed by atoms with Gasteiger partial charge in [-0.15, -0.1) is 11.3 Å². The third-order valence-electron chi connectivity index (χ3n) is 6.26. The first kappa shape index (κ1) is 29.2. The van der Waals surface area contributed by atoms with Gasteiger partial charge in [0.2, 0.25) is 5.95 Å². The molecule has 1 aliphatic rings. The van der Waals surface area contributed by atoms with Gasteiger partial charge in [0, 0.05) is 37.6 Å². The van der Waals surface area contributed by atoms with Crippen LogP contribution in [0.5, 0.6) is 0 Å². The van der Waals surface area contributed by atoms with E-state index < -0.39 is 29.5 Å². The number of hydrogen-bond acceptors (Lipinski definition) is 9. The summed E-state index contributed by atoms with van der Waals surface area (Å²) in [5.41, 5.74) is -0.177. The Kier molecular flexibility index (Phi) is 8.88. The molecule has 214 valence electrons. The van der Waals surface area contributed by atoms with Crippen molar-refractivity contribution in [2.75, 3.05) is 31.6 Å². The molecule has 3 heterocycles. The summed E-state index contributed by atoms with van der Waals surface area (Å²) < 4.78 is 43.9. The second-order valence-corrected chi connectivity index (χ2v) is 10.4. The first-order chi connectivity index (χ1) is 19.0. The van der Waals surface area contributed by atoms with Crippen molar-refractivity contribution in [3.63, 3.8) is 0 Å². The normalized spacial score (nSPS) is 17.7. The molecule has 0 saturated carbocycles. The van der Waals surface area contributed by atoms with Crippen LogP contribution in [0.2, 0.25) is 0 Å². The smallest absolute Gasteiger partial charge is 0.433 e. The summed E-state index contributed by atoms with van der Waals surface area (Å²) in [5.74, 6) is -0.700. The first-order valence-corrected chi connectivity index (χ1v) is 13.4. The first-order valence-electron chi connectivity index (χ1n) is 12.6. The highest BCUT2D eigenvalue weighted by Gasteiger charge is 2.36. The average Bonchev–Trinajstić information content (AvgIpc) is 3.32. The summed E-state index contributed by atoms with van der Waals surface area (Å²) in [6.45, 7) is 4.23. The number of hydrogen-bond donors (Lipinski definition) is 3. The fourth-order valence-corrected chi connectivity index (χ4v) is 5.38. The molecule has 0 radical (unpaired) electrons. The molecule has 1 saturated heterocycles. The molecule has 4 rings (SSSR count). The SMILES string of the molecule is CCOC(=O)CNC(=O)N1CCCC(O)(c2ncc(-c3cc(C)cc(Nc4nccc(C(F)(F)F)n4)c3)s2)CC1. The Balaban J connectivity index is 1.46. The van der Waals surface area contributed by atoms with Gasteiger partial charge in [-0.05, 0) is 56.0 Å². The van der Waals surface area contributed by atoms with E-state index in [-0.39, 0.29) is 32.1 Å². The van der Waals surface area contributed by atoms with Crippen molar-refractivity contribution >= 4 is 35.0 Å². The Morgan fingerprint density at radius 2 is 2.00 bits per heavy atom. The summed E-state index contributed by atoms with van der Waals surface area (Å²) in [6.07, 6.45) is -0.698. The number of likely N-dealkylation sites (tertiary alicyclic amines) is 1. The van der Waals surface area contributed by atoms with Gasteiger partial charge in [0.25, 0.3) is 0 Å². The van der Waals surface area contributed by atoms with Crippen molar-refractivity contribution in [3.05, 3.63) is 52.9 Å². The summed E-state index contributed by atoms with van der Waals surface area (Å²) in [6, 6.07) is 5.82. The maximum absolute atomic E-state index is 13.0. The van der Waals surface area contributed by atoms with E-state index in [1.165, 1.54) is 11.3 Å². The predicted octanol–water partition coefficient (Wildman–Crippen LogP) is 4.62. The number of benzene rings is 1. The van der Waals surface area contributed by atoms with Gasteiger partial charge in [-0.3, -0.25) is 4.79 Å². The van der Waals surface area contributed by atoms with E-state index in [0.717, 1.165) is 28.3 Å². The maximum Gasteiger partial charge on any atom is 0.433 e. The number of rotatable bonds is 7. The molecule has 1 atom stereocenters. The highest BCUT2D eigenvalue weighted by molar-refractivity contribution is 7.15. The number of thiazole rings is 1. The number of aromatic nitrogens is 3. The average molecular weight is 579 g/mol. The minimum Gasteiger partial charge on any atom is -0.465 e. The number of ether oxygens (including phenoxy) is 1. The van der Waals surface area contributed by atoms with Crippen molar-refractivity contribution < 1.29 is 32.6 Å². The Bertz CT molecular complexity index is 1370. The zero-order valence-electron chi connectivity index (χ0n) is 21.9. The van der Waals surface area contributed by atoms with Crippen LogP contribution in [0.15, 0.2) is 36.7 Å². The van der Waals surface area contributed by atoms with Crippen LogP contribution >= 0.6 is 11.3 Å². The molecular weight excluding hydrogens is 549 g/mol. The largest absolute Gasteiger partial charge is 0.465 e. The lowest BCUT2D eigenvalue weighted by atomic mass is 9.96. The summed E-state index contributed by atoms with van der Waals surface area (Å²) in [5, 5.41) is 17.3. The number of anilines is 2. The van der Waals surface area contributed by atoms with Gasteiger partial charge in [-0.2, -0.15) is 13.2 Å². The Labute approximate surface area is 232 Å². The van der Waals surface area contributed by atoms with E-state index >= 15 is 0 Å². The maximum atomic E-state index is 13.0. The minimum absolute atomic E-state index is 0.181. The van der Waals surface area contributed by atoms with Gasteiger partial charge in [-0.1, -0.05) is 6.07 Å². The van der Waals surface area contributed by atoms with Gasteiger partial charge < -0.3 is 25.4 Å². The van der Waals surface area contributed by atoms with Crippen molar-refractivity contribution in [1.29, 1.82) is 0 Å². The number of alkyl halides is 3. The van der Waals surface area contributed by atoms with Crippen LogP contribution in [0.3, 0.4) is 0 Å². The van der Waals surface area contributed by atoms with Crippen molar-refractivity contribution in [2.24, 2.45) is 0 Å². The van der Waals surface area contributed by atoms with Crippen LogP contribution < -0.4 is 10.6 Å². The molecule has 2 aromatic heterocycles. The van der Waals surface area contributed by atoms with Crippen molar-refractivity contribution in [1.82, 2.24) is 25.2 Å². The van der Waals surface area contributed by atoms with E-state index in [0.29, 0.717) is 30.1 Å². The van der Waals surface area contributed by atoms with E-state index in [2.05, 4.69) is 25.6 Å². The van der Waals surface area contributed by atoms with Gasteiger partial charge in [-0.25, -0.2) is 19.7 Å². The summed E-state index contributed by atoms with van der Waals surface area (Å²) >= 11 is 1.31. The Morgan fingerprint density at radius 1 is 1.20 bits per heavy atom. The van der Waals surface area contributed by atoms with E-state index in [4.69, 9.17) is 4.74 Å². The quantitative estimate of drug-likeness (QED) is 0.347. The van der Waals surface area contributed by atoms with E-state index in [9.17, 15) is 27.9 Å². The number of amides is 2. The highest BCUT2D eigenvalue weighted by atomic mass is 32.1. The molecule has 1 unspecified atom stereocenters. The fourth-order valence-electron chi connectivity index (χ4n) is 4.33. The number of esters is 1. The molecule has 0 aliphatic carbocycles. The molecule has 40 heavy (non-hydrogen) atoms. The standard InChI is InChI=1S/C26H29F3N6O4S/c1-3-39-21(36)15-32-24(37)35-9-4-6-25(38,7-10-35)22-31-14-19(40-22)17-11-16(2)12-18(13-17)33-23-30-8-5-20(34-23)26(27,28)29/h5,8,11-14,38H,3-4,6-7,9-10,15H2,1-2H3,(H,32,37)(H,30,33,34). The zero-order valence-corrected chi connectivity index (χ0v) is 22.7. The molecule has 3 aromatic rings. The molecular formula is C26H29F3N6O4S. The molecule has 0 spiro atoms. The number of aliphatic hydroxyl groups is 1. The molecule has 0 bridgehead atoms. The third kappa shape index (κ3) is 7.24. The lowest BCUT2D eigenvalue weighted by Gasteiger charge is -2.24. The molecule has 1 aliphatic heterocycles. The summed E-state index contributed by atoms with van der Waals surface area (Å²) in [7, 11) is 0. The van der Waals surface area contributed by atoms with Crippen LogP contribution in [-0.4, -0.2) is 63.2 Å². The van der Waals surface area contributed by atoms with E-state index in [1.807, 2.05) is 13.0 Å². The summed E-state index contributed by atoms with van der Waals surface area (Å²) in [4.78, 5) is 38.3. The van der Waals surface area contributed by atoms with E-state index in [1.54, 1.807) is 30.2 Å². The number of urea groups is 1. The molecule has 1 aromatic carbocycles. The number of aryl methyl sites for hydroxylation is 1. The van der Waals surface area contributed by atoms with Gasteiger partial charge >= 0.3 is 18.2 Å². The molecule has 10 nitrogen and oxygen atoms in total. The number of halogens is 3. The number of nitrogens with one attached hydrogen (secondary N) is 2. The van der Waals surface area contributed by atoms with Crippen molar-refractivity contribution in [3.8, 4) is 10.4 Å². The highest BCUT2D eigenvalue weighted by Crippen LogP contribution is 2.39. The molecule has 1 fully saturated rings. The van der Waals surface area contributed by atoms with Gasteiger partial charge in [0.05, 0.1) is 11.5 Å². The second kappa shape index (κ2) is 12.2. The van der Waals surface area contributed by atoms with Crippen LogP contribution in [-0.2, 0) is 21.3 Å². The Hall–Kier alpha value is -3.78. The van der Waals surface area contributed by atoms with Crippen LogP contribution in [0, 0.1) is 6.92 Å². The fraction of sp³-hybridized carbons (Fsp3) is 0.423. The number of carbonyl (C=O) groups excluding carboxylic acids is 2. The lowest BCUT2D eigenvalue weighted by Crippen LogP contribution is -2.43. The molecule has 14 heteroatoms. The topological polar surface area (TPSA) is 130 Å². The van der Waals surface area contributed by atoms with Crippen LogP contribution in [0.1, 0.15) is 42.5 Å². The lowest BCUT2D eigenvalue weighted by molar-refractivity contribution is -0.142. The molecule has 2 amide bonds. The van der Waals surface area contributed by atoms with Gasteiger partial charge in [0.15, 0.2) is 0 Å². The van der Waals surface area contributed by atoms with Crippen LogP contribution in [0.25, 0.3) is 10.4 Å². The monoisotopic (exact) mass is 578 g/mol. The number of nitrogens with zero attached hydrogens (tertiary/aromatic N) is 4. The van der Waals surface area contributed by atoms with Gasteiger partial charge in [0.1, 0.15) is 22.8 Å². The number of carbonyl (C=O) groups is 2.